The number of aryl methyl sites for hydroxylation is 1. The minimum atomic E-state index is 0.758. The van der Waals surface area contributed by atoms with Gasteiger partial charge in [0.25, 0.3) is 0 Å². The molecule has 0 bridgehead atoms. The van der Waals surface area contributed by atoms with Gasteiger partial charge in [0.2, 0.25) is 0 Å². The molecule has 3 nitrogen and oxygen atoms in total. The minimum absolute atomic E-state index is 0.758. The maximum absolute atomic E-state index is 5.73. The highest BCUT2D eigenvalue weighted by atomic mass is 16.5. The molecule has 0 amide bonds. The van der Waals surface area contributed by atoms with E-state index in [2.05, 4.69) is 24.4 Å². The van der Waals surface area contributed by atoms with E-state index in [0.29, 0.717) is 0 Å². The Labute approximate surface area is 126 Å². The fourth-order valence-electron chi connectivity index (χ4n) is 2.06. The second-order valence-electron chi connectivity index (χ2n) is 5.03. The number of unbranched alkanes of at least 4 members (excludes halogenated alkanes) is 1. The summed E-state index contributed by atoms with van der Waals surface area (Å²) in [5, 5.41) is 3.39. The molecule has 0 heterocycles. The van der Waals surface area contributed by atoms with Crippen molar-refractivity contribution in [3.8, 4) is 11.5 Å². The Morgan fingerprint density at radius 2 is 1.76 bits per heavy atom. The summed E-state index contributed by atoms with van der Waals surface area (Å²) in [5.74, 6) is 1.84. The molecule has 0 fully saturated rings. The highest BCUT2D eigenvalue weighted by molar-refractivity contribution is 5.46. The number of nitrogens with one attached hydrogen (secondary N) is 1. The largest absolute Gasteiger partial charge is 0.497 e. The molecular formula is C18H23NO2. The van der Waals surface area contributed by atoms with Gasteiger partial charge in [-0.15, -0.1) is 0 Å². The molecule has 0 aliphatic heterocycles. The van der Waals surface area contributed by atoms with Crippen LogP contribution in [0.25, 0.3) is 0 Å². The van der Waals surface area contributed by atoms with Crippen LogP contribution in [0.2, 0.25) is 0 Å². The van der Waals surface area contributed by atoms with Crippen LogP contribution in [0, 0.1) is 6.92 Å². The van der Waals surface area contributed by atoms with Gasteiger partial charge in [0.1, 0.15) is 11.5 Å². The lowest BCUT2D eigenvalue weighted by Gasteiger charge is -2.09. The summed E-state index contributed by atoms with van der Waals surface area (Å²) in [5.41, 5.74) is 2.35. The van der Waals surface area contributed by atoms with Crippen molar-refractivity contribution in [3.63, 3.8) is 0 Å². The molecule has 0 radical (unpaired) electrons. The SMILES string of the molecule is COc1ccc(NCCCCOc2cccc(C)c2)cc1. The topological polar surface area (TPSA) is 30.5 Å². The molecular weight excluding hydrogens is 262 g/mol. The third-order valence-corrected chi connectivity index (χ3v) is 3.25. The summed E-state index contributed by atoms with van der Waals surface area (Å²) in [6.45, 7) is 3.78. The van der Waals surface area contributed by atoms with E-state index in [9.17, 15) is 0 Å². The molecule has 0 aromatic heterocycles. The first-order chi connectivity index (χ1) is 10.3. The number of ether oxygens (including phenoxy) is 2. The average Bonchev–Trinajstić information content (AvgIpc) is 2.51. The van der Waals surface area contributed by atoms with Crippen LogP contribution in [-0.4, -0.2) is 20.3 Å². The number of rotatable bonds is 8. The van der Waals surface area contributed by atoms with Crippen LogP contribution in [-0.2, 0) is 0 Å². The Morgan fingerprint density at radius 3 is 2.48 bits per heavy atom. The van der Waals surface area contributed by atoms with Crippen LogP contribution in [0.15, 0.2) is 48.5 Å². The quantitative estimate of drug-likeness (QED) is 0.735. The second kappa shape index (κ2) is 8.20. The van der Waals surface area contributed by atoms with Crippen molar-refractivity contribution >= 4 is 5.69 Å². The van der Waals surface area contributed by atoms with Crippen molar-refractivity contribution in [2.24, 2.45) is 0 Å². The molecule has 0 aliphatic rings. The van der Waals surface area contributed by atoms with Gasteiger partial charge in [0.15, 0.2) is 0 Å². The number of anilines is 1. The highest BCUT2D eigenvalue weighted by Crippen LogP contribution is 2.15. The Bertz CT molecular complexity index is 537. The number of benzene rings is 2. The lowest BCUT2D eigenvalue weighted by molar-refractivity contribution is 0.308. The van der Waals surface area contributed by atoms with Gasteiger partial charge in [-0.1, -0.05) is 12.1 Å². The van der Waals surface area contributed by atoms with Crippen molar-refractivity contribution < 1.29 is 9.47 Å². The molecule has 0 unspecified atom stereocenters. The van der Waals surface area contributed by atoms with E-state index in [1.165, 1.54) is 5.56 Å². The predicted molar refractivity (Wildman–Crippen MR) is 87.4 cm³/mol. The normalized spacial score (nSPS) is 10.2. The summed E-state index contributed by atoms with van der Waals surface area (Å²) in [7, 11) is 1.68. The summed E-state index contributed by atoms with van der Waals surface area (Å²) in [6.07, 6.45) is 2.12. The predicted octanol–water partition coefficient (Wildman–Crippen LogP) is 4.27. The smallest absolute Gasteiger partial charge is 0.119 e. The highest BCUT2D eigenvalue weighted by Gasteiger charge is 1.96. The lowest BCUT2D eigenvalue weighted by Crippen LogP contribution is -2.04. The van der Waals surface area contributed by atoms with Gasteiger partial charge < -0.3 is 14.8 Å². The molecule has 3 heteroatoms. The third-order valence-electron chi connectivity index (χ3n) is 3.25. The van der Waals surface area contributed by atoms with Crippen LogP contribution in [0.4, 0.5) is 5.69 Å². The molecule has 0 saturated carbocycles. The Morgan fingerprint density at radius 1 is 0.952 bits per heavy atom. The van der Waals surface area contributed by atoms with Crippen molar-refractivity contribution in [3.05, 3.63) is 54.1 Å². The van der Waals surface area contributed by atoms with Gasteiger partial charge in [-0.2, -0.15) is 0 Å². The van der Waals surface area contributed by atoms with Gasteiger partial charge >= 0.3 is 0 Å². The van der Waals surface area contributed by atoms with Crippen LogP contribution in [0.3, 0.4) is 0 Å². The van der Waals surface area contributed by atoms with Crippen LogP contribution >= 0.6 is 0 Å². The molecule has 0 spiro atoms. The maximum atomic E-state index is 5.73. The van der Waals surface area contributed by atoms with Crippen molar-refractivity contribution in [2.75, 3.05) is 25.6 Å². The van der Waals surface area contributed by atoms with Crippen LogP contribution < -0.4 is 14.8 Å². The van der Waals surface area contributed by atoms with E-state index >= 15 is 0 Å². The van der Waals surface area contributed by atoms with Crippen molar-refractivity contribution in [1.29, 1.82) is 0 Å². The summed E-state index contributed by atoms with van der Waals surface area (Å²) < 4.78 is 10.9. The number of methoxy groups -OCH3 is 1. The molecule has 2 rings (SSSR count). The van der Waals surface area contributed by atoms with Gasteiger partial charge in [-0.05, 0) is 61.7 Å². The van der Waals surface area contributed by atoms with Gasteiger partial charge in [0.05, 0.1) is 13.7 Å². The monoisotopic (exact) mass is 285 g/mol. The van der Waals surface area contributed by atoms with E-state index in [1.807, 2.05) is 36.4 Å². The Hall–Kier alpha value is -2.16. The standard InChI is InChI=1S/C18H23NO2/c1-15-6-5-7-18(14-15)21-13-4-3-12-19-16-8-10-17(20-2)11-9-16/h5-11,14,19H,3-4,12-13H2,1-2H3. The zero-order valence-electron chi connectivity index (χ0n) is 12.8. The van der Waals surface area contributed by atoms with Crippen molar-refractivity contribution in [1.82, 2.24) is 0 Å². The fraction of sp³-hybridized carbons (Fsp3) is 0.333. The zero-order valence-corrected chi connectivity index (χ0v) is 12.8. The third kappa shape index (κ3) is 5.38. The van der Waals surface area contributed by atoms with Gasteiger partial charge in [0, 0.05) is 12.2 Å². The van der Waals surface area contributed by atoms with E-state index < -0.39 is 0 Å². The number of hydrogen-bond acceptors (Lipinski definition) is 3. The van der Waals surface area contributed by atoms with Gasteiger partial charge in [-0.3, -0.25) is 0 Å². The summed E-state index contributed by atoms with van der Waals surface area (Å²) in [6, 6.07) is 16.1. The molecule has 1 N–H and O–H groups in total. The van der Waals surface area contributed by atoms with Crippen LogP contribution in [0.5, 0.6) is 11.5 Å². The summed E-state index contributed by atoms with van der Waals surface area (Å²) >= 11 is 0. The zero-order chi connectivity index (χ0) is 14.9. The molecule has 0 saturated heterocycles. The van der Waals surface area contributed by atoms with E-state index in [-0.39, 0.29) is 0 Å². The molecule has 2 aromatic carbocycles. The maximum Gasteiger partial charge on any atom is 0.119 e. The molecule has 112 valence electrons. The lowest BCUT2D eigenvalue weighted by atomic mass is 10.2. The first kappa shape index (κ1) is 15.2. The Balaban J connectivity index is 1.59. The van der Waals surface area contributed by atoms with Crippen LogP contribution in [0.1, 0.15) is 18.4 Å². The first-order valence-electron chi connectivity index (χ1n) is 7.35. The Kier molecular flexibility index (Phi) is 5.95. The van der Waals surface area contributed by atoms with E-state index in [0.717, 1.165) is 43.2 Å². The number of hydrogen-bond donors (Lipinski definition) is 1. The average molecular weight is 285 g/mol. The molecule has 2 aromatic rings. The molecule has 0 aliphatic carbocycles. The van der Waals surface area contributed by atoms with Crippen molar-refractivity contribution in [2.45, 2.75) is 19.8 Å². The fourth-order valence-corrected chi connectivity index (χ4v) is 2.06. The summed E-state index contributed by atoms with van der Waals surface area (Å²) in [4.78, 5) is 0. The van der Waals surface area contributed by atoms with Gasteiger partial charge in [-0.25, -0.2) is 0 Å². The second-order valence-corrected chi connectivity index (χ2v) is 5.03. The first-order valence-corrected chi connectivity index (χ1v) is 7.35. The minimum Gasteiger partial charge on any atom is -0.497 e. The molecule has 21 heavy (non-hydrogen) atoms. The van der Waals surface area contributed by atoms with E-state index in [4.69, 9.17) is 9.47 Å². The van der Waals surface area contributed by atoms with E-state index in [1.54, 1.807) is 7.11 Å². The molecule has 0 atom stereocenters.